The predicted octanol–water partition coefficient (Wildman–Crippen LogP) is 2.10. The van der Waals surface area contributed by atoms with Crippen LogP contribution in [-0.2, 0) is 4.79 Å². The first-order valence-electron chi connectivity index (χ1n) is 7.86. The number of benzene rings is 1. The van der Waals surface area contributed by atoms with Crippen molar-refractivity contribution in [3.63, 3.8) is 0 Å². The lowest BCUT2D eigenvalue weighted by Crippen LogP contribution is -2.41. The van der Waals surface area contributed by atoms with Crippen molar-refractivity contribution in [1.82, 2.24) is 10.2 Å². The average Bonchev–Trinajstić information content (AvgIpc) is 2.98. The van der Waals surface area contributed by atoms with E-state index in [1.807, 2.05) is 42.3 Å². The van der Waals surface area contributed by atoms with Crippen LogP contribution >= 0.6 is 0 Å². The maximum absolute atomic E-state index is 12.1. The zero-order chi connectivity index (χ0) is 15.1. The summed E-state index contributed by atoms with van der Waals surface area (Å²) in [6.45, 7) is 0.490. The number of carbonyl (C=O) groups is 1. The zero-order valence-corrected chi connectivity index (χ0v) is 12.8. The molecule has 4 nitrogen and oxygen atoms in total. The number of nitrogens with one attached hydrogen (secondary N) is 1. The molecule has 0 aromatic heterocycles. The van der Waals surface area contributed by atoms with Crippen molar-refractivity contribution in [2.24, 2.45) is 0 Å². The van der Waals surface area contributed by atoms with Crippen molar-refractivity contribution in [2.75, 3.05) is 20.2 Å². The second-order valence-electron chi connectivity index (χ2n) is 5.90. The van der Waals surface area contributed by atoms with E-state index >= 15 is 0 Å². The van der Waals surface area contributed by atoms with Crippen LogP contribution < -0.4 is 5.32 Å². The fourth-order valence-electron chi connectivity index (χ4n) is 3.12. The molecular formula is C17H26N2O2. The minimum absolute atomic E-state index is 0.0746. The quantitative estimate of drug-likeness (QED) is 0.808. The molecule has 1 aromatic rings. The van der Waals surface area contributed by atoms with E-state index < -0.39 is 0 Å². The largest absolute Gasteiger partial charge is 0.396 e. The van der Waals surface area contributed by atoms with Gasteiger partial charge in [0.05, 0.1) is 6.54 Å². The van der Waals surface area contributed by atoms with Crippen molar-refractivity contribution in [2.45, 2.75) is 44.2 Å². The van der Waals surface area contributed by atoms with Gasteiger partial charge in [0.15, 0.2) is 0 Å². The van der Waals surface area contributed by atoms with Gasteiger partial charge in [-0.15, -0.1) is 0 Å². The summed E-state index contributed by atoms with van der Waals surface area (Å²) < 4.78 is 0. The molecule has 1 aliphatic carbocycles. The van der Waals surface area contributed by atoms with Crippen molar-refractivity contribution in [1.29, 1.82) is 0 Å². The highest BCUT2D eigenvalue weighted by molar-refractivity contribution is 5.78. The highest BCUT2D eigenvalue weighted by atomic mass is 16.3. The normalized spacial score (nSPS) is 17.1. The van der Waals surface area contributed by atoms with Crippen LogP contribution in [0.5, 0.6) is 0 Å². The Kier molecular flexibility index (Phi) is 6.21. The van der Waals surface area contributed by atoms with E-state index in [0.29, 0.717) is 19.0 Å². The molecule has 21 heavy (non-hydrogen) atoms. The zero-order valence-electron chi connectivity index (χ0n) is 12.8. The summed E-state index contributed by atoms with van der Waals surface area (Å²) >= 11 is 0. The van der Waals surface area contributed by atoms with Gasteiger partial charge in [0.2, 0.25) is 5.91 Å². The molecule has 0 bridgehead atoms. The molecule has 1 unspecified atom stereocenters. The topological polar surface area (TPSA) is 52.6 Å². The highest BCUT2D eigenvalue weighted by Crippen LogP contribution is 2.22. The molecule has 2 N–H and O–H groups in total. The predicted molar refractivity (Wildman–Crippen MR) is 83.9 cm³/mol. The van der Waals surface area contributed by atoms with Gasteiger partial charge in [0.1, 0.15) is 0 Å². The Hall–Kier alpha value is -1.39. The molecule has 1 aliphatic rings. The first-order valence-corrected chi connectivity index (χ1v) is 7.86. The molecule has 4 heteroatoms. The van der Waals surface area contributed by atoms with Gasteiger partial charge in [-0.3, -0.25) is 9.69 Å². The number of hydrogen-bond acceptors (Lipinski definition) is 3. The minimum atomic E-state index is 0.0746. The number of carbonyl (C=O) groups excluding carboxylic acids is 1. The number of hydrogen-bond donors (Lipinski definition) is 2. The van der Waals surface area contributed by atoms with E-state index in [2.05, 4.69) is 5.32 Å². The van der Waals surface area contributed by atoms with E-state index in [1.54, 1.807) is 0 Å². The van der Waals surface area contributed by atoms with E-state index in [1.165, 1.54) is 12.8 Å². The number of amides is 1. The lowest BCUT2D eigenvalue weighted by molar-refractivity contribution is -0.123. The molecular weight excluding hydrogens is 264 g/mol. The van der Waals surface area contributed by atoms with Gasteiger partial charge < -0.3 is 10.4 Å². The van der Waals surface area contributed by atoms with Gasteiger partial charge in [-0.2, -0.15) is 0 Å². The molecule has 1 atom stereocenters. The van der Waals surface area contributed by atoms with Crippen LogP contribution in [0.3, 0.4) is 0 Å². The first kappa shape index (κ1) is 16.0. The molecule has 1 saturated carbocycles. The molecule has 1 aromatic carbocycles. The van der Waals surface area contributed by atoms with Gasteiger partial charge in [-0.25, -0.2) is 0 Å². The number of aliphatic hydroxyl groups is 1. The Labute approximate surface area is 127 Å². The molecule has 1 amide bonds. The SMILES string of the molecule is CN(CC(=O)NC1CCCC1)C(CCO)c1ccccc1. The number of aliphatic hydroxyl groups excluding tert-OH is 1. The van der Waals surface area contributed by atoms with Crippen LogP contribution in [0.15, 0.2) is 30.3 Å². The van der Waals surface area contributed by atoms with Crippen molar-refractivity contribution >= 4 is 5.91 Å². The fourth-order valence-corrected chi connectivity index (χ4v) is 3.12. The lowest BCUT2D eigenvalue weighted by Gasteiger charge is -2.28. The summed E-state index contributed by atoms with van der Waals surface area (Å²) in [4.78, 5) is 14.2. The molecule has 116 valence electrons. The fraction of sp³-hybridized carbons (Fsp3) is 0.588. The Morgan fingerprint density at radius 3 is 2.62 bits per heavy atom. The summed E-state index contributed by atoms with van der Waals surface area (Å²) in [7, 11) is 1.95. The van der Waals surface area contributed by atoms with Gasteiger partial charge >= 0.3 is 0 Å². The van der Waals surface area contributed by atoms with Crippen LogP contribution in [0, 0.1) is 0 Å². The summed E-state index contributed by atoms with van der Waals surface area (Å²) in [5.41, 5.74) is 1.14. The second kappa shape index (κ2) is 8.15. The average molecular weight is 290 g/mol. The number of nitrogens with zero attached hydrogens (tertiary/aromatic N) is 1. The number of likely N-dealkylation sites (N-methyl/N-ethyl adjacent to an activating group) is 1. The Balaban J connectivity index is 1.91. The van der Waals surface area contributed by atoms with E-state index in [4.69, 9.17) is 0 Å². The van der Waals surface area contributed by atoms with E-state index in [9.17, 15) is 9.90 Å². The molecule has 0 spiro atoms. The monoisotopic (exact) mass is 290 g/mol. The lowest BCUT2D eigenvalue weighted by atomic mass is 10.0. The second-order valence-corrected chi connectivity index (χ2v) is 5.90. The third-order valence-electron chi connectivity index (χ3n) is 4.23. The highest BCUT2D eigenvalue weighted by Gasteiger charge is 2.21. The smallest absolute Gasteiger partial charge is 0.234 e. The molecule has 0 heterocycles. The Bertz CT molecular complexity index is 430. The van der Waals surface area contributed by atoms with Gasteiger partial charge in [-0.05, 0) is 31.9 Å². The Morgan fingerprint density at radius 1 is 1.33 bits per heavy atom. The minimum Gasteiger partial charge on any atom is -0.396 e. The van der Waals surface area contributed by atoms with Gasteiger partial charge in [-0.1, -0.05) is 43.2 Å². The van der Waals surface area contributed by atoms with Gasteiger partial charge in [0.25, 0.3) is 0 Å². The van der Waals surface area contributed by atoms with E-state index in [0.717, 1.165) is 18.4 Å². The first-order chi connectivity index (χ1) is 10.2. The maximum Gasteiger partial charge on any atom is 0.234 e. The third-order valence-corrected chi connectivity index (χ3v) is 4.23. The van der Waals surface area contributed by atoms with Crippen LogP contribution in [0.2, 0.25) is 0 Å². The maximum atomic E-state index is 12.1. The van der Waals surface area contributed by atoms with E-state index in [-0.39, 0.29) is 18.6 Å². The van der Waals surface area contributed by atoms with Crippen LogP contribution in [-0.4, -0.2) is 42.2 Å². The summed E-state index contributed by atoms with van der Waals surface area (Å²) in [5, 5.41) is 12.4. The molecule has 2 rings (SSSR count). The summed E-state index contributed by atoms with van der Waals surface area (Å²) in [6, 6.07) is 10.5. The Morgan fingerprint density at radius 2 is 2.00 bits per heavy atom. The molecule has 0 radical (unpaired) electrons. The van der Waals surface area contributed by atoms with Crippen LogP contribution in [0.1, 0.15) is 43.7 Å². The van der Waals surface area contributed by atoms with Gasteiger partial charge in [0, 0.05) is 18.7 Å². The third kappa shape index (κ3) is 4.83. The molecule has 1 fully saturated rings. The summed E-state index contributed by atoms with van der Waals surface area (Å²) in [5.74, 6) is 0.0864. The summed E-state index contributed by atoms with van der Waals surface area (Å²) in [6.07, 6.45) is 5.29. The molecule has 0 aliphatic heterocycles. The van der Waals surface area contributed by atoms with Crippen LogP contribution in [0.4, 0.5) is 0 Å². The van der Waals surface area contributed by atoms with Crippen LogP contribution in [0.25, 0.3) is 0 Å². The standard InChI is InChI=1S/C17H26N2O2/c1-19(13-17(21)18-15-9-5-6-10-15)16(11-12-20)14-7-3-2-4-8-14/h2-4,7-8,15-16,20H,5-6,9-13H2,1H3,(H,18,21). The molecule has 0 saturated heterocycles. The van der Waals surface area contributed by atoms with Crippen molar-refractivity contribution in [3.05, 3.63) is 35.9 Å². The van der Waals surface area contributed by atoms with Crippen molar-refractivity contribution in [3.8, 4) is 0 Å². The van der Waals surface area contributed by atoms with Crippen molar-refractivity contribution < 1.29 is 9.90 Å². The number of rotatable bonds is 7.